The summed E-state index contributed by atoms with van der Waals surface area (Å²) in [5.41, 5.74) is -0.290. The van der Waals surface area contributed by atoms with Gasteiger partial charge in [-0.05, 0) is 162 Å². The van der Waals surface area contributed by atoms with Crippen LogP contribution < -0.4 is 47.9 Å². The number of benzene rings is 1. The van der Waals surface area contributed by atoms with Crippen molar-refractivity contribution < 1.29 is 95.4 Å². The predicted octanol–water partition coefficient (Wildman–Crippen LogP) is 12.4. The molecule has 0 spiro atoms. The van der Waals surface area contributed by atoms with Crippen LogP contribution in [-0.4, -0.2) is 233 Å². The lowest BCUT2D eigenvalue weighted by molar-refractivity contribution is -0.236. The van der Waals surface area contributed by atoms with Crippen LogP contribution in [0.2, 0.25) is 0 Å². The van der Waals surface area contributed by atoms with Crippen LogP contribution in [-0.2, 0) is 85.8 Å². The molecule has 1 aromatic carbocycles. The van der Waals surface area contributed by atoms with Gasteiger partial charge in [-0.2, -0.15) is 0 Å². The van der Waals surface area contributed by atoms with Crippen molar-refractivity contribution in [2.75, 3.05) is 84.1 Å². The molecule has 20 atom stereocenters. The molecular weight excluding hydrogens is 1640 g/mol. The molecule has 31 nitrogen and oxygen atoms in total. The zero-order chi connectivity index (χ0) is 94.2. The van der Waals surface area contributed by atoms with Crippen molar-refractivity contribution in [1.29, 1.82) is 0 Å². The molecule has 4 heterocycles. The third-order valence-corrected chi connectivity index (χ3v) is 26.4. The Morgan fingerprint density at radius 2 is 0.531 bits per heavy atom. The van der Waals surface area contributed by atoms with E-state index in [1.807, 2.05) is 0 Å². The molecule has 0 saturated carbocycles. The number of Topliss-reactive ketones (excluding diaryl/α,β-unsaturated/α-hetero) is 1. The topological polar surface area (TPSA) is 393 Å². The molecule has 1 aromatic rings. The number of ketones is 1. The van der Waals surface area contributed by atoms with Crippen LogP contribution >= 0.6 is 0 Å². The minimum atomic E-state index is -0.827. The number of amides is 11. The van der Waals surface area contributed by atoms with Gasteiger partial charge >= 0.3 is 0 Å². The van der Waals surface area contributed by atoms with Crippen molar-refractivity contribution in [3.05, 3.63) is 29.3 Å². The van der Waals surface area contributed by atoms with E-state index in [-0.39, 0.29) is 175 Å². The van der Waals surface area contributed by atoms with E-state index in [2.05, 4.69) is 131 Å². The monoisotopic (exact) mass is 1810 g/mol. The van der Waals surface area contributed by atoms with Crippen LogP contribution in [0, 0.1) is 47.3 Å². The number of carbonyl (C=O) groups excluding carboxylic acids is 12. The lowest BCUT2D eigenvalue weighted by Crippen LogP contribution is -2.57. The fraction of sp³-hybridized carbons (Fsp3) is 0.814. The molecule has 11 amide bonds. The van der Waals surface area contributed by atoms with Gasteiger partial charge in [0.05, 0.1) is 48.6 Å². The van der Waals surface area contributed by atoms with Gasteiger partial charge in [-0.25, -0.2) is 0 Å². The Bertz CT molecular complexity index is 3170. The third kappa shape index (κ3) is 40.4. The van der Waals surface area contributed by atoms with Gasteiger partial charge < -0.3 is 100 Å². The fourth-order valence-corrected chi connectivity index (χ4v) is 18.0. The molecule has 31 heteroatoms. The average Bonchev–Trinajstić information content (AvgIpc) is 0.831. The largest absolute Gasteiger partial charge is 0.355 e. The van der Waals surface area contributed by atoms with E-state index in [4.69, 9.17) is 37.9 Å². The van der Waals surface area contributed by atoms with Crippen molar-refractivity contribution in [3.8, 4) is 0 Å². The van der Waals surface area contributed by atoms with Crippen LogP contribution in [0.5, 0.6) is 0 Å². The van der Waals surface area contributed by atoms with E-state index in [0.29, 0.717) is 116 Å². The highest BCUT2D eigenvalue weighted by Gasteiger charge is 2.46. The first-order valence-electron chi connectivity index (χ1n) is 49.0. The van der Waals surface area contributed by atoms with Gasteiger partial charge in [-0.1, -0.05) is 173 Å². The van der Waals surface area contributed by atoms with Gasteiger partial charge in [-0.15, -0.1) is 0 Å². The molecule has 9 N–H and O–H groups in total. The molecule has 730 valence electrons. The molecule has 0 aliphatic carbocycles. The van der Waals surface area contributed by atoms with Crippen molar-refractivity contribution in [2.24, 2.45) is 47.3 Å². The average molecular weight is 1810 g/mol. The summed E-state index contributed by atoms with van der Waals surface area (Å²) in [7, 11) is 0. The van der Waals surface area contributed by atoms with Crippen molar-refractivity contribution >= 4 is 76.4 Å². The molecular formula is C97H167N11O20. The summed E-state index contributed by atoms with van der Waals surface area (Å²) in [6.45, 7) is 33.0. The highest BCUT2D eigenvalue weighted by atomic mass is 16.7. The molecule has 4 aliphatic rings. The Kier molecular flexibility index (Phi) is 53.4. The van der Waals surface area contributed by atoms with E-state index in [9.17, 15) is 47.9 Å². The summed E-state index contributed by atoms with van der Waals surface area (Å²) in [6.07, 6.45) is 19.4. The zero-order valence-electron chi connectivity index (χ0n) is 81.0. The van der Waals surface area contributed by atoms with Crippen molar-refractivity contribution in [2.45, 2.75) is 384 Å². The summed E-state index contributed by atoms with van der Waals surface area (Å²) in [6, 6.07) is 2.86. The highest BCUT2D eigenvalue weighted by molar-refractivity contribution is 6.05. The van der Waals surface area contributed by atoms with Crippen LogP contribution in [0.3, 0.4) is 0 Å². The molecule has 4 aliphatic heterocycles. The number of unbranched alkanes of at least 4 members (excludes halogenated alkanes) is 19. The van der Waals surface area contributed by atoms with Gasteiger partial charge in [-0.3, -0.25) is 52.7 Å². The zero-order valence-corrected chi connectivity index (χ0v) is 81.0. The van der Waals surface area contributed by atoms with Crippen LogP contribution in [0.15, 0.2) is 18.2 Å². The normalized spacial score (nSPS) is 25.7. The summed E-state index contributed by atoms with van der Waals surface area (Å²) >= 11 is 0. The van der Waals surface area contributed by atoms with Crippen LogP contribution in [0.1, 0.15) is 331 Å². The maximum absolute atomic E-state index is 15.4. The smallest absolute Gasteiger partial charge is 0.254 e. The number of ether oxygens (including phenoxy) is 8. The quantitative estimate of drug-likeness (QED) is 0.0274. The Balaban J connectivity index is 1.37. The summed E-state index contributed by atoms with van der Waals surface area (Å²) in [4.78, 5) is 164. The third-order valence-electron chi connectivity index (χ3n) is 26.4. The lowest BCUT2D eigenvalue weighted by Gasteiger charge is -2.44. The van der Waals surface area contributed by atoms with E-state index >= 15 is 9.59 Å². The van der Waals surface area contributed by atoms with Crippen LogP contribution in [0.4, 0.5) is 5.69 Å². The Morgan fingerprint density at radius 1 is 0.297 bits per heavy atom. The molecule has 0 bridgehead atoms. The summed E-state index contributed by atoms with van der Waals surface area (Å²) in [5, 5.41) is 26.8. The van der Waals surface area contributed by atoms with Crippen molar-refractivity contribution in [1.82, 2.24) is 52.3 Å². The number of nitrogens with one attached hydrogen (secondary N) is 9. The number of carbonyl (C=O) groups is 12. The SMILES string of the molecule is CCC1OC(OCCCCCCNC(=O)CN(CC(=O)NCCCCCCOC2OC(CC)C(C)C(C)C2NC(C)=O)C(=O)c2cc(NC(=O)CCCCCCCCCCC(C)=O)cc(C(=O)N(CC(=O)NCCCCCCOC3OC(CC)C(C)C(C)C3NC(C)=O)CC(=O)NCCCCCCOC3OC(CC)C(C)C(C)C3NC(C)=O)c2)C(NC(C)=O)C(C)C1C. The van der Waals surface area contributed by atoms with E-state index in [0.717, 1.165) is 106 Å². The first kappa shape index (κ1) is 111. The second kappa shape index (κ2) is 61.5. The molecule has 5 rings (SSSR count). The molecule has 4 saturated heterocycles. The summed E-state index contributed by atoms with van der Waals surface area (Å²) < 4.78 is 50.4. The number of hydrogen-bond donors (Lipinski definition) is 9. The number of rotatable bonds is 62. The van der Waals surface area contributed by atoms with Gasteiger partial charge in [0.2, 0.25) is 53.2 Å². The highest BCUT2D eigenvalue weighted by Crippen LogP contribution is 2.38. The summed E-state index contributed by atoms with van der Waals surface area (Å²) in [5.74, 6) is -3.35. The first-order chi connectivity index (χ1) is 61.2. The molecule has 20 unspecified atom stereocenters. The van der Waals surface area contributed by atoms with Gasteiger partial charge in [0.1, 0.15) is 32.0 Å². The van der Waals surface area contributed by atoms with Crippen LogP contribution in [0.25, 0.3) is 0 Å². The van der Waals surface area contributed by atoms with Crippen molar-refractivity contribution in [3.63, 3.8) is 0 Å². The Labute approximate surface area is 765 Å². The van der Waals surface area contributed by atoms with Gasteiger partial charge in [0.25, 0.3) is 11.8 Å². The molecule has 4 fully saturated rings. The first-order valence-corrected chi connectivity index (χ1v) is 49.0. The van der Waals surface area contributed by atoms with E-state index in [1.165, 1.54) is 45.9 Å². The maximum atomic E-state index is 15.4. The Hall–Kier alpha value is -7.26. The molecule has 128 heavy (non-hydrogen) atoms. The van der Waals surface area contributed by atoms with Gasteiger partial charge in [0.15, 0.2) is 25.2 Å². The number of hydrogen-bond acceptors (Lipinski definition) is 20. The second-order valence-electron chi connectivity index (χ2n) is 36.8. The minimum absolute atomic E-state index is 0.0115. The fourth-order valence-electron chi connectivity index (χ4n) is 18.0. The van der Waals surface area contributed by atoms with Gasteiger partial charge in [0, 0.05) is 110 Å². The lowest BCUT2D eigenvalue weighted by atomic mass is 9.81. The maximum Gasteiger partial charge on any atom is 0.254 e. The van der Waals surface area contributed by atoms with E-state index in [1.54, 1.807) is 6.92 Å². The second-order valence-corrected chi connectivity index (χ2v) is 36.8. The standard InChI is InChI=1S/C97H167N11O20/c1-18-79-64(6)68(10)88(102-72(14)110)94(125-79)121-52-42-32-28-38-48-98-84(115)59-107(60-85(116)99-49-39-29-33-43-53-122-95-89(103-73(15)111)69(11)65(7)80(19-2)126-95)92(119)76-56-77(58-78(57-76)106-83(114)47-37-27-25-23-22-24-26-36-46-63(5)109)93(120)108(61-86(117)100-50-40-30-34-44-54-123-96-90(104-74(16)112)70(12)66(8)81(20-3)127-96)62-87(118)101-51-41-31-35-45-55-124-97-91(105-75(17)113)71(13)67(9)82(21-4)128-97/h56-58,64-71,79-82,88-91,94-97H,18-55,59-62H2,1-17H3,(H,98,115)(H,99,116)(H,100,117)(H,101,118)(H,102,110)(H,103,111)(H,104,112)(H,105,113)(H,106,114). The van der Waals surface area contributed by atoms with E-state index < -0.39 is 92.7 Å². The molecule has 0 aromatic heterocycles. The molecule has 0 radical (unpaired) electrons. The minimum Gasteiger partial charge on any atom is -0.355 e. The Morgan fingerprint density at radius 3 is 0.773 bits per heavy atom. The predicted molar refractivity (Wildman–Crippen MR) is 493 cm³/mol. The number of anilines is 1. The number of nitrogens with zero attached hydrogens (tertiary/aromatic N) is 2.